The number of benzene rings is 3. The van der Waals surface area contributed by atoms with Crippen molar-refractivity contribution in [2.75, 3.05) is 0 Å². The maximum Gasteiger partial charge on any atom is 0.196 e. The maximum absolute atomic E-state index is 13.2. The molecule has 0 atom stereocenters. The van der Waals surface area contributed by atoms with Gasteiger partial charge in [0.05, 0.1) is 0 Å². The summed E-state index contributed by atoms with van der Waals surface area (Å²) in [6, 6.07) is 25.4. The quantitative estimate of drug-likeness (QED) is 0.363. The Morgan fingerprint density at radius 2 is 1.48 bits per heavy atom. The molecular formula is C24H22FN3S. The van der Waals surface area contributed by atoms with E-state index < -0.39 is 0 Å². The van der Waals surface area contributed by atoms with Gasteiger partial charge in [-0.15, -0.1) is 10.2 Å². The van der Waals surface area contributed by atoms with E-state index in [1.54, 1.807) is 11.8 Å². The molecule has 5 heteroatoms. The Kier molecular flexibility index (Phi) is 6.06. The van der Waals surface area contributed by atoms with Gasteiger partial charge in [0.25, 0.3) is 0 Å². The Balaban J connectivity index is 1.65. The SMILES string of the molecule is CCc1ccc(-n2c(Cc3ccccc3)nnc2SCc2ccc(F)cc2)cc1. The van der Waals surface area contributed by atoms with Crippen LogP contribution in [0.1, 0.15) is 29.4 Å². The van der Waals surface area contributed by atoms with E-state index in [1.165, 1.54) is 23.3 Å². The number of hydrogen-bond acceptors (Lipinski definition) is 3. The van der Waals surface area contributed by atoms with E-state index >= 15 is 0 Å². The zero-order valence-electron chi connectivity index (χ0n) is 16.3. The molecule has 1 aromatic heterocycles. The largest absolute Gasteiger partial charge is 0.274 e. The van der Waals surface area contributed by atoms with Crippen LogP contribution in [0.5, 0.6) is 0 Å². The monoisotopic (exact) mass is 403 g/mol. The second kappa shape index (κ2) is 9.05. The molecular weight excluding hydrogens is 381 g/mol. The van der Waals surface area contributed by atoms with Crippen molar-refractivity contribution in [3.63, 3.8) is 0 Å². The van der Waals surface area contributed by atoms with Gasteiger partial charge < -0.3 is 0 Å². The van der Waals surface area contributed by atoms with Gasteiger partial charge in [-0.3, -0.25) is 4.57 Å². The first-order valence-electron chi connectivity index (χ1n) is 9.67. The number of aromatic nitrogens is 3. The zero-order chi connectivity index (χ0) is 20.1. The minimum Gasteiger partial charge on any atom is -0.274 e. The van der Waals surface area contributed by atoms with Crippen molar-refractivity contribution >= 4 is 11.8 Å². The molecule has 0 saturated carbocycles. The number of rotatable bonds is 7. The van der Waals surface area contributed by atoms with Gasteiger partial charge >= 0.3 is 0 Å². The van der Waals surface area contributed by atoms with Crippen LogP contribution < -0.4 is 0 Å². The predicted octanol–water partition coefficient (Wildman–Crippen LogP) is 5.85. The Bertz CT molecular complexity index is 1060. The number of halogens is 1. The minimum atomic E-state index is -0.219. The second-order valence-corrected chi connectivity index (χ2v) is 7.77. The molecule has 0 aliphatic heterocycles. The van der Waals surface area contributed by atoms with Crippen molar-refractivity contribution in [3.8, 4) is 5.69 Å². The molecule has 146 valence electrons. The van der Waals surface area contributed by atoms with Crippen molar-refractivity contribution in [2.45, 2.75) is 30.7 Å². The highest BCUT2D eigenvalue weighted by Crippen LogP contribution is 2.26. The van der Waals surface area contributed by atoms with Gasteiger partial charge in [-0.25, -0.2) is 4.39 Å². The van der Waals surface area contributed by atoms with Crippen LogP contribution >= 0.6 is 11.8 Å². The molecule has 4 aromatic rings. The molecule has 0 fully saturated rings. The molecule has 1 heterocycles. The van der Waals surface area contributed by atoms with Crippen LogP contribution in [0.4, 0.5) is 4.39 Å². The molecule has 0 N–H and O–H groups in total. The summed E-state index contributed by atoms with van der Waals surface area (Å²) in [4.78, 5) is 0. The van der Waals surface area contributed by atoms with Crippen LogP contribution in [0.3, 0.4) is 0 Å². The lowest BCUT2D eigenvalue weighted by molar-refractivity contribution is 0.627. The molecule has 3 nitrogen and oxygen atoms in total. The van der Waals surface area contributed by atoms with Gasteiger partial charge in [-0.2, -0.15) is 0 Å². The lowest BCUT2D eigenvalue weighted by atomic mass is 10.1. The van der Waals surface area contributed by atoms with E-state index in [-0.39, 0.29) is 5.82 Å². The number of thioether (sulfide) groups is 1. The van der Waals surface area contributed by atoms with E-state index in [4.69, 9.17) is 0 Å². The van der Waals surface area contributed by atoms with Crippen LogP contribution in [0.25, 0.3) is 5.69 Å². The molecule has 3 aromatic carbocycles. The summed E-state index contributed by atoms with van der Waals surface area (Å²) >= 11 is 1.61. The Hall–Kier alpha value is -2.92. The van der Waals surface area contributed by atoms with Gasteiger partial charge in [0.15, 0.2) is 5.16 Å². The van der Waals surface area contributed by atoms with Gasteiger partial charge in [-0.1, -0.05) is 73.3 Å². The molecule has 4 rings (SSSR count). The van der Waals surface area contributed by atoms with Crippen LogP contribution in [0.2, 0.25) is 0 Å². The number of nitrogens with zero attached hydrogens (tertiary/aromatic N) is 3. The highest BCUT2D eigenvalue weighted by atomic mass is 32.2. The van der Waals surface area contributed by atoms with Crippen molar-refractivity contribution in [1.82, 2.24) is 14.8 Å². The normalized spacial score (nSPS) is 11.0. The summed E-state index contributed by atoms with van der Waals surface area (Å²) in [6.45, 7) is 2.15. The standard InChI is InChI=1S/C24H22FN3S/c1-2-18-10-14-22(15-11-18)28-23(16-19-6-4-3-5-7-19)26-27-24(28)29-17-20-8-12-21(25)13-9-20/h3-15H,2,16-17H2,1H3. The highest BCUT2D eigenvalue weighted by Gasteiger charge is 2.15. The summed E-state index contributed by atoms with van der Waals surface area (Å²) in [5.41, 5.74) is 4.60. The second-order valence-electron chi connectivity index (χ2n) is 6.83. The minimum absolute atomic E-state index is 0.219. The van der Waals surface area contributed by atoms with Gasteiger partial charge in [0, 0.05) is 17.9 Å². The smallest absolute Gasteiger partial charge is 0.196 e. The average molecular weight is 404 g/mol. The Labute approximate surface area is 174 Å². The lowest BCUT2D eigenvalue weighted by Crippen LogP contribution is -2.04. The highest BCUT2D eigenvalue weighted by molar-refractivity contribution is 7.98. The van der Waals surface area contributed by atoms with Crippen molar-refractivity contribution in [2.24, 2.45) is 0 Å². The summed E-state index contributed by atoms with van der Waals surface area (Å²) in [6.07, 6.45) is 1.71. The third-order valence-electron chi connectivity index (χ3n) is 4.79. The molecule has 0 unspecified atom stereocenters. The summed E-state index contributed by atoms with van der Waals surface area (Å²) in [5, 5.41) is 9.79. The lowest BCUT2D eigenvalue weighted by Gasteiger charge is -2.11. The predicted molar refractivity (Wildman–Crippen MR) is 116 cm³/mol. The van der Waals surface area contributed by atoms with E-state index in [1.807, 2.05) is 30.3 Å². The third kappa shape index (κ3) is 4.74. The first kappa shape index (κ1) is 19.4. The zero-order valence-corrected chi connectivity index (χ0v) is 17.1. The van der Waals surface area contributed by atoms with Gasteiger partial charge in [0.2, 0.25) is 0 Å². The molecule has 29 heavy (non-hydrogen) atoms. The average Bonchev–Trinajstić information content (AvgIpc) is 3.16. The fourth-order valence-electron chi connectivity index (χ4n) is 3.16. The molecule has 0 aliphatic rings. The van der Waals surface area contributed by atoms with Crippen LogP contribution in [-0.2, 0) is 18.6 Å². The van der Waals surface area contributed by atoms with E-state index in [0.717, 1.165) is 28.7 Å². The van der Waals surface area contributed by atoms with E-state index in [0.29, 0.717) is 12.2 Å². The van der Waals surface area contributed by atoms with E-state index in [9.17, 15) is 4.39 Å². The van der Waals surface area contributed by atoms with Gasteiger partial charge in [-0.05, 0) is 47.4 Å². The summed E-state index contributed by atoms with van der Waals surface area (Å²) in [7, 11) is 0. The summed E-state index contributed by atoms with van der Waals surface area (Å²) < 4.78 is 15.3. The Morgan fingerprint density at radius 1 is 0.793 bits per heavy atom. The molecule has 0 saturated heterocycles. The first-order valence-corrected chi connectivity index (χ1v) is 10.7. The third-order valence-corrected chi connectivity index (χ3v) is 5.79. The molecule has 0 radical (unpaired) electrons. The van der Waals surface area contributed by atoms with Crippen molar-refractivity contribution in [1.29, 1.82) is 0 Å². The molecule has 0 spiro atoms. The summed E-state index contributed by atoms with van der Waals surface area (Å²) in [5.74, 6) is 1.39. The van der Waals surface area contributed by atoms with Crippen molar-refractivity contribution < 1.29 is 4.39 Å². The molecule has 0 aliphatic carbocycles. The van der Waals surface area contributed by atoms with Crippen LogP contribution in [0, 0.1) is 5.82 Å². The first-order chi connectivity index (χ1) is 14.2. The fourth-order valence-corrected chi connectivity index (χ4v) is 4.08. The molecule has 0 amide bonds. The van der Waals surface area contributed by atoms with E-state index in [2.05, 4.69) is 58.1 Å². The Morgan fingerprint density at radius 3 is 2.17 bits per heavy atom. The number of hydrogen-bond donors (Lipinski definition) is 0. The topological polar surface area (TPSA) is 30.7 Å². The number of aryl methyl sites for hydroxylation is 1. The maximum atomic E-state index is 13.2. The van der Waals surface area contributed by atoms with Crippen LogP contribution in [0.15, 0.2) is 84.0 Å². The van der Waals surface area contributed by atoms with Gasteiger partial charge in [0.1, 0.15) is 11.6 Å². The molecule has 0 bridgehead atoms. The van der Waals surface area contributed by atoms with Crippen LogP contribution in [-0.4, -0.2) is 14.8 Å². The fraction of sp³-hybridized carbons (Fsp3) is 0.167. The van der Waals surface area contributed by atoms with Crippen molar-refractivity contribution in [3.05, 3.63) is 107 Å².